The molecule has 186 valence electrons. The maximum absolute atomic E-state index is 13.5. The zero-order valence-electron chi connectivity index (χ0n) is 20.0. The number of hydrogen-bond donors (Lipinski definition) is 1. The van der Waals surface area contributed by atoms with Gasteiger partial charge in [0.25, 0.3) is 0 Å². The third-order valence-electron chi connectivity index (χ3n) is 5.19. The Morgan fingerprint density at radius 1 is 1.00 bits per heavy atom. The molecule has 0 spiro atoms. The van der Waals surface area contributed by atoms with Crippen molar-refractivity contribution in [2.24, 2.45) is 5.92 Å². The van der Waals surface area contributed by atoms with Gasteiger partial charge in [0.1, 0.15) is 12.6 Å². The molecule has 10 heteroatoms. The molecule has 0 saturated heterocycles. The molecule has 0 aliphatic heterocycles. The van der Waals surface area contributed by atoms with Crippen LogP contribution in [0, 0.1) is 12.8 Å². The molecular weight excluding hydrogens is 497 g/mol. The average Bonchev–Trinajstić information content (AvgIpc) is 2.75. The number of hydrogen-bond acceptors (Lipinski definition) is 4. The van der Waals surface area contributed by atoms with Crippen LogP contribution in [-0.2, 0) is 26.2 Å². The van der Waals surface area contributed by atoms with Gasteiger partial charge in [-0.25, -0.2) is 8.42 Å². The SMILES string of the molecule is Cc1ccc(N(CC(=O)N(Cc2ccc(Cl)c(Cl)c2)C(C)C(=O)NCC(C)C)S(C)(=O)=O)cc1. The molecule has 2 rings (SSSR count). The molecule has 0 bridgehead atoms. The van der Waals surface area contributed by atoms with Gasteiger partial charge in [-0.1, -0.05) is 60.8 Å². The summed E-state index contributed by atoms with van der Waals surface area (Å²) < 4.78 is 26.1. The molecule has 2 aromatic carbocycles. The number of nitrogens with one attached hydrogen (secondary N) is 1. The molecule has 0 aliphatic carbocycles. The highest BCUT2D eigenvalue weighted by molar-refractivity contribution is 7.92. The van der Waals surface area contributed by atoms with E-state index in [9.17, 15) is 18.0 Å². The molecule has 7 nitrogen and oxygen atoms in total. The Bertz CT molecular complexity index is 1120. The summed E-state index contributed by atoms with van der Waals surface area (Å²) in [6.45, 7) is 7.49. The standard InChI is InChI=1S/C24H31Cl2N3O4S/c1-16(2)13-27-24(31)18(4)28(14-19-8-11-21(25)22(26)12-19)23(30)15-29(34(5,32)33)20-9-6-17(3)7-10-20/h6-12,16,18H,13-15H2,1-5H3,(H,27,31). The van der Waals surface area contributed by atoms with Crippen molar-refractivity contribution in [2.75, 3.05) is 23.7 Å². The molecule has 0 aromatic heterocycles. The maximum atomic E-state index is 13.5. The first-order valence-electron chi connectivity index (χ1n) is 10.8. The Balaban J connectivity index is 2.38. The van der Waals surface area contributed by atoms with Crippen LogP contribution >= 0.6 is 23.2 Å². The summed E-state index contributed by atoms with van der Waals surface area (Å²) in [5, 5.41) is 3.52. The van der Waals surface area contributed by atoms with Crippen molar-refractivity contribution in [3.05, 3.63) is 63.6 Å². The van der Waals surface area contributed by atoms with E-state index in [-0.39, 0.29) is 18.4 Å². The Hall–Kier alpha value is -2.29. The summed E-state index contributed by atoms with van der Waals surface area (Å²) in [4.78, 5) is 27.6. The van der Waals surface area contributed by atoms with E-state index in [1.54, 1.807) is 49.4 Å². The number of benzene rings is 2. The third-order valence-corrected chi connectivity index (χ3v) is 7.07. The quantitative estimate of drug-likeness (QED) is 0.500. The predicted octanol–water partition coefficient (Wildman–Crippen LogP) is 4.26. The lowest BCUT2D eigenvalue weighted by Gasteiger charge is -2.31. The number of halogens is 2. The number of amides is 2. The number of carbonyl (C=O) groups is 2. The van der Waals surface area contributed by atoms with Gasteiger partial charge in [-0.3, -0.25) is 13.9 Å². The lowest BCUT2D eigenvalue weighted by atomic mass is 10.1. The number of aryl methyl sites for hydroxylation is 1. The van der Waals surface area contributed by atoms with E-state index in [1.165, 1.54) is 4.90 Å². The van der Waals surface area contributed by atoms with Gasteiger partial charge in [0, 0.05) is 13.1 Å². The van der Waals surface area contributed by atoms with Crippen LogP contribution in [0.25, 0.3) is 0 Å². The Morgan fingerprint density at radius 2 is 1.62 bits per heavy atom. The minimum absolute atomic E-state index is 0.0531. The molecule has 2 amide bonds. The van der Waals surface area contributed by atoms with Gasteiger partial charge in [0.05, 0.1) is 22.0 Å². The lowest BCUT2D eigenvalue weighted by molar-refractivity contribution is -0.139. The molecule has 34 heavy (non-hydrogen) atoms. The van der Waals surface area contributed by atoms with Gasteiger partial charge in [-0.05, 0) is 49.6 Å². The number of carbonyl (C=O) groups excluding carboxylic acids is 2. The molecule has 1 unspecified atom stereocenters. The minimum atomic E-state index is -3.77. The zero-order valence-corrected chi connectivity index (χ0v) is 22.3. The van der Waals surface area contributed by atoms with Crippen molar-refractivity contribution >= 4 is 50.7 Å². The first-order chi connectivity index (χ1) is 15.8. The van der Waals surface area contributed by atoms with E-state index < -0.39 is 28.5 Å². The van der Waals surface area contributed by atoms with Gasteiger partial charge >= 0.3 is 0 Å². The normalized spacial score (nSPS) is 12.4. The first-order valence-corrected chi connectivity index (χ1v) is 13.5. The summed E-state index contributed by atoms with van der Waals surface area (Å²) in [5.41, 5.74) is 1.99. The number of sulfonamides is 1. The monoisotopic (exact) mass is 527 g/mol. The van der Waals surface area contributed by atoms with E-state index in [0.29, 0.717) is 27.8 Å². The summed E-state index contributed by atoms with van der Waals surface area (Å²) in [6, 6.07) is 10.9. The molecule has 2 aromatic rings. The maximum Gasteiger partial charge on any atom is 0.244 e. The number of nitrogens with zero attached hydrogens (tertiary/aromatic N) is 2. The van der Waals surface area contributed by atoms with Gasteiger partial charge in [0.2, 0.25) is 21.8 Å². The van der Waals surface area contributed by atoms with Crippen LogP contribution in [0.4, 0.5) is 5.69 Å². The Morgan fingerprint density at radius 3 is 2.15 bits per heavy atom. The highest BCUT2D eigenvalue weighted by Crippen LogP contribution is 2.24. The average molecular weight is 529 g/mol. The van der Waals surface area contributed by atoms with Crippen molar-refractivity contribution in [3.8, 4) is 0 Å². The van der Waals surface area contributed by atoms with Crippen LogP contribution in [0.5, 0.6) is 0 Å². The van der Waals surface area contributed by atoms with Crippen molar-refractivity contribution in [1.82, 2.24) is 10.2 Å². The number of anilines is 1. The van der Waals surface area contributed by atoms with E-state index in [4.69, 9.17) is 23.2 Å². The molecule has 0 saturated carbocycles. The second kappa shape index (κ2) is 11.9. The van der Waals surface area contributed by atoms with E-state index in [2.05, 4.69) is 5.32 Å². The third kappa shape index (κ3) is 7.89. The van der Waals surface area contributed by atoms with Crippen LogP contribution in [0.2, 0.25) is 10.0 Å². The van der Waals surface area contributed by atoms with Gasteiger partial charge in [-0.2, -0.15) is 0 Å². The molecule has 1 N–H and O–H groups in total. The second-order valence-electron chi connectivity index (χ2n) is 8.69. The van der Waals surface area contributed by atoms with Crippen LogP contribution in [0.15, 0.2) is 42.5 Å². The largest absolute Gasteiger partial charge is 0.354 e. The van der Waals surface area contributed by atoms with Crippen LogP contribution in [-0.4, -0.2) is 50.5 Å². The minimum Gasteiger partial charge on any atom is -0.354 e. The summed E-state index contributed by atoms with van der Waals surface area (Å²) >= 11 is 12.1. The predicted molar refractivity (Wildman–Crippen MR) is 138 cm³/mol. The van der Waals surface area contributed by atoms with E-state index in [0.717, 1.165) is 16.1 Å². The fourth-order valence-electron chi connectivity index (χ4n) is 3.19. The van der Waals surface area contributed by atoms with E-state index >= 15 is 0 Å². The molecule has 0 aliphatic rings. The smallest absolute Gasteiger partial charge is 0.244 e. The van der Waals surface area contributed by atoms with Crippen LogP contribution in [0.3, 0.4) is 0 Å². The highest BCUT2D eigenvalue weighted by atomic mass is 35.5. The molecule has 0 radical (unpaired) electrons. The fourth-order valence-corrected chi connectivity index (χ4v) is 4.36. The van der Waals surface area contributed by atoms with Crippen molar-refractivity contribution in [2.45, 2.75) is 40.3 Å². The Kier molecular flexibility index (Phi) is 9.79. The van der Waals surface area contributed by atoms with Crippen LogP contribution < -0.4 is 9.62 Å². The van der Waals surface area contributed by atoms with Crippen LogP contribution in [0.1, 0.15) is 31.9 Å². The Labute approximate surface area is 212 Å². The molecule has 1 atom stereocenters. The molecule has 0 heterocycles. The van der Waals surface area contributed by atoms with Gasteiger partial charge in [-0.15, -0.1) is 0 Å². The fraction of sp³-hybridized carbons (Fsp3) is 0.417. The zero-order chi connectivity index (χ0) is 25.6. The first kappa shape index (κ1) is 28.0. The molecular formula is C24H31Cl2N3O4S. The van der Waals surface area contributed by atoms with Crippen molar-refractivity contribution in [1.29, 1.82) is 0 Å². The van der Waals surface area contributed by atoms with Gasteiger partial charge in [0.15, 0.2) is 0 Å². The second-order valence-corrected chi connectivity index (χ2v) is 11.4. The lowest BCUT2D eigenvalue weighted by Crippen LogP contribution is -2.51. The topological polar surface area (TPSA) is 86.8 Å². The van der Waals surface area contributed by atoms with Gasteiger partial charge < -0.3 is 10.2 Å². The summed E-state index contributed by atoms with van der Waals surface area (Å²) in [6.07, 6.45) is 1.04. The highest BCUT2D eigenvalue weighted by Gasteiger charge is 2.30. The summed E-state index contributed by atoms with van der Waals surface area (Å²) in [7, 11) is -3.77. The summed E-state index contributed by atoms with van der Waals surface area (Å²) in [5.74, 6) is -0.620. The molecule has 0 fully saturated rings. The van der Waals surface area contributed by atoms with Crippen molar-refractivity contribution in [3.63, 3.8) is 0 Å². The number of rotatable bonds is 10. The van der Waals surface area contributed by atoms with Crippen molar-refractivity contribution < 1.29 is 18.0 Å². The van der Waals surface area contributed by atoms with E-state index in [1.807, 2.05) is 20.8 Å².